The molecule has 0 aromatic heterocycles. The van der Waals surface area contributed by atoms with Crippen molar-refractivity contribution < 1.29 is 19.1 Å². The lowest BCUT2D eigenvalue weighted by Crippen LogP contribution is -2.45. The van der Waals surface area contributed by atoms with Gasteiger partial charge in [0, 0.05) is 5.70 Å². The summed E-state index contributed by atoms with van der Waals surface area (Å²) in [7, 11) is 0. The van der Waals surface area contributed by atoms with E-state index < -0.39 is 12.0 Å². The Kier molecular flexibility index (Phi) is 5.98. The first-order valence-electron chi connectivity index (χ1n) is 9.92. The lowest BCUT2D eigenvalue weighted by molar-refractivity contribution is -0.140. The molecule has 0 spiro atoms. The molecule has 1 atom stereocenters. The molecule has 0 aliphatic carbocycles. The van der Waals surface area contributed by atoms with E-state index in [1.807, 2.05) is 84.9 Å². The number of hydrogen-bond donors (Lipinski definition) is 2. The highest BCUT2D eigenvalue weighted by Gasteiger charge is 2.32. The molecule has 2 amide bonds. The number of esters is 1. The third-order valence-electron chi connectivity index (χ3n) is 4.87. The molecule has 156 valence electrons. The van der Waals surface area contributed by atoms with Gasteiger partial charge in [-0.15, -0.1) is 0 Å². The molecule has 2 N–H and O–H groups in total. The second-order valence-electron chi connectivity index (χ2n) is 7.12. The second-order valence-corrected chi connectivity index (χ2v) is 7.12. The molecule has 6 nitrogen and oxygen atoms in total. The second kappa shape index (κ2) is 9.17. The van der Waals surface area contributed by atoms with Crippen molar-refractivity contribution in [2.75, 3.05) is 0 Å². The van der Waals surface area contributed by atoms with Gasteiger partial charge in [0.15, 0.2) is 0 Å². The van der Waals surface area contributed by atoms with Gasteiger partial charge in [-0.1, -0.05) is 60.7 Å². The van der Waals surface area contributed by atoms with E-state index in [0.29, 0.717) is 17.0 Å². The van der Waals surface area contributed by atoms with Crippen LogP contribution in [0.25, 0.3) is 0 Å². The molecule has 0 saturated heterocycles. The van der Waals surface area contributed by atoms with Gasteiger partial charge in [-0.2, -0.15) is 0 Å². The molecule has 1 unspecified atom stereocenters. The van der Waals surface area contributed by atoms with Crippen molar-refractivity contribution in [2.24, 2.45) is 0 Å². The van der Waals surface area contributed by atoms with Crippen LogP contribution in [0.3, 0.4) is 0 Å². The molecule has 1 heterocycles. The maximum absolute atomic E-state index is 12.9. The first kappa shape index (κ1) is 20.2. The minimum atomic E-state index is -0.574. The summed E-state index contributed by atoms with van der Waals surface area (Å²) in [6.07, 6.45) is 0. The van der Waals surface area contributed by atoms with E-state index in [9.17, 15) is 9.59 Å². The molecule has 0 fully saturated rings. The van der Waals surface area contributed by atoms with Crippen LogP contribution in [0.1, 0.15) is 24.1 Å². The Balaban J connectivity index is 1.48. The predicted octanol–water partition coefficient (Wildman–Crippen LogP) is 4.85. The topological polar surface area (TPSA) is 76.7 Å². The number of nitrogens with one attached hydrogen (secondary N) is 2. The van der Waals surface area contributed by atoms with Gasteiger partial charge in [0.25, 0.3) is 0 Å². The van der Waals surface area contributed by atoms with Crippen LogP contribution < -0.4 is 15.4 Å². The zero-order chi connectivity index (χ0) is 21.6. The van der Waals surface area contributed by atoms with E-state index in [0.717, 1.165) is 16.9 Å². The number of urea groups is 1. The Morgan fingerprint density at radius 1 is 0.903 bits per heavy atom. The third kappa shape index (κ3) is 4.93. The Bertz CT molecular complexity index is 1110. The van der Waals surface area contributed by atoms with Crippen LogP contribution in [0.5, 0.6) is 11.5 Å². The Hall–Kier alpha value is -4.06. The summed E-state index contributed by atoms with van der Waals surface area (Å²) < 4.78 is 11.4. The highest BCUT2D eigenvalue weighted by Crippen LogP contribution is 2.28. The minimum Gasteiger partial charge on any atom is -0.457 e. The number of benzene rings is 3. The van der Waals surface area contributed by atoms with Crippen molar-refractivity contribution in [1.29, 1.82) is 0 Å². The van der Waals surface area contributed by atoms with Crippen LogP contribution in [0.4, 0.5) is 4.79 Å². The maximum Gasteiger partial charge on any atom is 0.338 e. The van der Waals surface area contributed by atoms with Crippen LogP contribution >= 0.6 is 0 Å². The smallest absolute Gasteiger partial charge is 0.338 e. The highest BCUT2D eigenvalue weighted by molar-refractivity contribution is 5.95. The van der Waals surface area contributed by atoms with E-state index in [1.165, 1.54) is 0 Å². The number of ether oxygens (including phenoxy) is 2. The summed E-state index contributed by atoms with van der Waals surface area (Å²) in [4.78, 5) is 24.9. The number of rotatable bonds is 6. The van der Waals surface area contributed by atoms with Crippen LogP contribution in [0, 0.1) is 0 Å². The van der Waals surface area contributed by atoms with Gasteiger partial charge in [-0.25, -0.2) is 9.59 Å². The maximum atomic E-state index is 12.9. The molecule has 6 heteroatoms. The lowest BCUT2D eigenvalue weighted by atomic mass is 9.96. The van der Waals surface area contributed by atoms with Crippen molar-refractivity contribution in [3.63, 3.8) is 0 Å². The fourth-order valence-electron chi connectivity index (χ4n) is 3.41. The minimum absolute atomic E-state index is 0.0804. The number of hydrogen-bond acceptors (Lipinski definition) is 4. The SMILES string of the molecule is CC1=C(C(=O)OCc2cccc(Oc3ccccc3)c2)C(c2ccccc2)NC(=O)N1. The number of para-hydroxylation sites is 1. The standard InChI is InChI=1S/C25H22N2O4/c1-17-22(23(27-25(29)26-17)19-10-4-2-5-11-19)24(28)30-16-18-9-8-14-21(15-18)31-20-12-6-3-7-13-20/h2-15,23H,16H2,1H3,(H2,26,27,29). The molecule has 3 aromatic rings. The van der Waals surface area contributed by atoms with Crippen molar-refractivity contribution in [2.45, 2.75) is 19.6 Å². The molecule has 0 bridgehead atoms. The number of allylic oxidation sites excluding steroid dienone is 1. The molecule has 0 radical (unpaired) electrons. The molecule has 4 rings (SSSR count). The number of carbonyl (C=O) groups excluding carboxylic acids is 2. The zero-order valence-electron chi connectivity index (χ0n) is 17.0. The molecule has 0 saturated carbocycles. The fourth-order valence-corrected chi connectivity index (χ4v) is 3.41. The van der Waals surface area contributed by atoms with E-state index in [1.54, 1.807) is 6.92 Å². The molecular weight excluding hydrogens is 392 g/mol. The first-order valence-corrected chi connectivity index (χ1v) is 9.92. The summed E-state index contributed by atoms with van der Waals surface area (Å²) in [5.74, 6) is 0.893. The molecule has 31 heavy (non-hydrogen) atoms. The average molecular weight is 414 g/mol. The van der Waals surface area contributed by atoms with Crippen LogP contribution in [-0.4, -0.2) is 12.0 Å². The van der Waals surface area contributed by atoms with Crippen molar-refractivity contribution >= 4 is 12.0 Å². The van der Waals surface area contributed by atoms with Crippen LogP contribution in [0.2, 0.25) is 0 Å². The van der Waals surface area contributed by atoms with Crippen molar-refractivity contribution in [3.8, 4) is 11.5 Å². The average Bonchev–Trinajstić information content (AvgIpc) is 2.78. The summed E-state index contributed by atoms with van der Waals surface area (Å²) in [6, 6.07) is 25.2. The van der Waals surface area contributed by atoms with Crippen LogP contribution in [-0.2, 0) is 16.1 Å². The van der Waals surface area contributed by atoms with Crippen molar-refractivity contribution in [3.05, 3.63) is 107 Å². The largest absolute Gasteiger partial charge is 0.457 e. The fraction of sp³-hybridized carbons (Fsp3) is 0.120. The number of amides is 2. The predicted molar refractivity (Wildman–Crippen MR) is 116 cm³/mol. The molecule has 1 aliphatic heterocycles. The van der Waals surface area contributed by atoms with Gasteiger partial charge in [-0.3, -0.25) is 0 Å². The Morgan fingerprint density at radius 2 is 1.58 bits per heavy atom. The summed E-state index contributed by atoms with van der Waals surface area (Å²) in [6.45, 7) is 1.77. The van der Waals surface area contributed by atoms with Gasteiger partial charge in [0.05, 0.1) is 11.6 Å². The van der Waals surface area contributed by atoms with E-state index >= 15 is 0 Å². The van der Waals surface area contributed by atoms with Crippen molar-refractivity contribution in [1.82, 2.24) is 10.6 Å². The van der Waals surface area contributed by atoms with Gasteiger partial charge < -0.3 is 20.1 Å². The van der Waals surface area contributed by atoms with E-state index in [2.05, 4.69) is 10.6 Å². The number of carbonyl (C=O) groups is 2. The Labute approximate surface area is 180 Å². The molecular formula is C25H22N2O4. The van der Waals surface area contributed by atoms with Crippen LogP contribution in [0.15, 0.2) is 96.2 Å². The van der Waals surface area contributed by atoms with Gasteiger partial charge >= 0.3 is 12.0 Å². The first-order chi connectivity index (χ1) is 15.1. The van der Waals surface area contributed by atoms with E-state index in [-0.39, 0.29) is 12.6 Å². The third-order valence-corrected chi connectivity index (χ3v) is 4.87. The summed E-state index contributed by atoms with van der Waals surface area (Å²) >= 11 is 0. The van der Waals surface area contributed by atoms with E-state index in [4.69, 9.17) is 9.47 Å². The molecule has 1 aliphatic rings. The summed E-state index contributed by atoms with van der Waals surface area (Å²) in [5.41, 5.74) is 2.46. The zero-order valence-corrected chi connectivity index (χ0v) is 17.0. The lowest BCUT2D eigenvalue weighted by Gasteiger charge is -2.28. The summed E-state index contributed by atoms with van der Waals surface area (Å²) in [5, 5.41) is 5.45. The molecule has 3 aromatic carbocycles. The van der Waals surface area contributed by atoms with Gasteiger partial charge in [0.1, 0.15) is 18.1 Å². The monoisotopic (exact) mass is 414 g/mol. The quantitative estimate of drug-likeness (QED) is 0.566. The normalized spacial score (nSPS) is 15.6. The van der Waals surface area contributed by atoms with Gasteiger partial charge in [0.2, 0.25) is 0 Å². The Morgan fingerprint density at radius 3 is 2.32 bits per heavy atom. The highest BCUT2D eigenvalue weighted by atomic mass is 16.5. The van der Waals surface area contributed by atoms with Gasteiger partial charge in [-0.05, 0) is 42.3 Å².